The topological polar surface area (TPSA) is 124 Å². The summed E-state index contributed by atoms with van der Waals surface area (Å²) >= 11 is 0.481. The van der Waals surface area contributed by atoms with Gasteiger partial charge in [-0.3, -0.25) is 24.3 Å². The number of carboxylic acid groups (broad SMARTS) is 1. The fourth-order valence-corrected chi connectivity index (χ4v) is 8.88. The molecule has 2 aromatic heterocycles. The summed E-state index contributed by atoms with van der Waals surface area (Å²) in [7, 11) is 4.04. The van der Waals surface area contributed by atoms with Gasteiger partial charge in [-0.25, -0.2) is 0 Å². The quantitative estimate of drug-likeness (QED) is 0.137. The number of amides is 2. The van der Waals surface area contributed by atoms with E-state index in [0.717, 1.165) is 35.6 Å². The highest BCUT2D eigenvalue weighted by molar-refractivity contribution is 7.10. The predicted octanol–water partition coefficient (Wildman–Crippen LogP) is 8.70. The molecule has 2 amide bonds. The highest BCUT2D eigenvalue weighted by Gasteiger charge is 2.50. The number of carboxylic acids is 1. The van der Waals surface area contributed by atoms with Crippen molar-refractivity contribution in [1.29, 1.82) is 0 Å². The van der Waals surface area contributed by atoms with Gasteiger partial charge < -0.3 is 24.7 Å². The molecule has 318 valence electrons. The number of ether oxygens (including phenoxy) is 1. The largest absolute Gasteiger partial charge is 0.507 e. The number of nitrogens with zero attached hydrogens (tertiary/aromatic N) is 4. The highest BCUT2D eigenvalue weighted by Crippen LogP contribution is 2.50. The van der Waals surface area contributed by atoms with Gasteiger partial charge in [0.05, 0.1) is 29.0 Å². The van der Waals surface area contributed by atoms with Gasteiger partial charge in [-0.05, 0) is 90.1 Å². The van der Waals surface area contributed by atoms with Gasteiger partial charge in [-0.2, -0.15) is 26.3 Å². The molecule has 2 saturated heterocycles. The van der Waals surface area contributed by atoms with E-state index in [4.69, 9.17) is 9.84 Å². The van der Waals surface area contributed by atoms with E-state index < -0.39 is 63.3 Å². The monoisotopic (exact) mass is 840 g/mol. The van der Waals surface area contributed by atoms with Crippen LogP contribution in [-0.4, -0.2) is 94.1 Å². The van der Waals surface area contributed by atoms with E-state index in [0.29, 0.717) is 88.5 Å². The molecule has 2 N–H and O–H groups in total. The van der Waals surface area contributed by atoms with Crippen LogP contribution in [0.25, 0.3) is 0 Å². The number of thiophene rings is 1. The van der Waals surface area contributed by atoms with Gasteiger partial charge in [0.25, 0.3) is 5.91 Å². The standard InChI is InChI=1S/C36H47F3N4O5.C5H3F3OS/c1-4-10-28-25(11-8-21-43(28)32(45)30-27(36(37,38)39)13-7-20-40-30)31(44)42-22-18-35(19-23-42,41(2)3)26-12-5-6-14-29(26)48-24-9-15-34(16-17-34)33(46)47;6-5(7,8)4-1-3(9)2-10-4/h5-7,12-14,20,25,28H,4,8-11,15-19,21-24H2,1-3H3,(H,46,47);1-2,9H. The second-order valence-electron chi connectivity index (χ2n) is 15.5. The van der Waals surface area contributed by atoms with E-state index in [1.807, 2.05) is 44.1 Å². The maximum atomic E-state index is 14.2. The molecule has 58 heavy (non-hydrogen) atoms. The number of piperidine rings is 2. The number of carbonyl (C=O) groups is 3. The Morgan fingerprint density at radius 2 is 1.67 bits per heavy atom. The van der Waals surface area contributed by atoms with Gasteiger partial charge >= 0.3 is 18.3 Å². The fraction of sp³-hybridized carbons (Fsp3) is 0.561. The molecule has 0 radical (unpaired) electrons. The highest BCUT2D eigenvalue weighted by atomic mass is 32.1. The van der Waals surface area contributed by atoms with Crippen LogP contribution in [0, 0.1) is 11.3 Å². The van der Waals surface area contributed by atoms with Crippen molar-refractivity contribution in [3.63, 3.8) is 0 Å². The van der Waals surface area contributed by atoms with Crippen LogP contribution in [0.2, 0.25) is 0 Å². The number of alkyl halides is 6. The summed E-state index contributed by atoms with van der Waals surface area (Å²) in [6, 6.07) is 10.1. The van der Waals surface area contributed by atoms with E-state index in [9.17, 15) is 45.8 Å². The molecule has 1 saturated carbocycles. The summed E-state index contributed by atoms with van der Waals surface area (Å²) in [6.07, 6.45) is -1.63. The minimum Gasteiger partial charge on any atom is -0.507 e. The first-order chi connectivity index (χ1) is 27.3. The van der Waals surface area contributed by atoms with Gasteiger partial charge in [-0.1, -0.05) is 31.5 Å². The van der Waals surface area contributed by atoms with E-state index in [2.05, 4.69) is 16.0 Å². The average Bonchev–Trinajstić information content (AvgIpc) is 3.86. The predicted molar refractivity (Wildman–Crippen MR) is 204 cm³/mol. The molecule has 3 fully saturated rings. The maximum Gasteiger partial charge on any atom is 0.425 e. The first-order valence-electron chi connectivity index (χ1n) is 19.4. The number of carbonyl (C=O) groups excluding carboxylic acids is 2. The summed E-state index contributed by atoms with van der Waals surface area (Å²) in [6.45, 7) is 3.60. The van der Waals surface area contributed by atoms with Crippen molar-refractivity contribution >= 4 is 29.1 Å². The number of pyridine rings is 1. The number of aromatic nitrogens is 1. The molecule has 2 atom stereocenters. The Kier molecular flexibility index (Phi) is 14.1. The number of aromatic hydroxyl groups is 1. The number of aliphatic carboxylic acids is 1. The van der Waals surface area contributed by atoms with Crippen molar-refractivity contribution in [1.82, 2.24) is 19.7 Å². The summed E-state index contributed by atoms with van der Waals surface area (Å²) in [5.74, 6) is -1.67. The van der Waals surface area contributed by atoms with E-state index in [1.54, 1.807) is 0 Å². The SMILES string of the molecule is CCCC1C(C(=O)N2CCC(c3ccccc3OCCCC3(C(=O)O)CC3)(N(C)C)CC2)CCCN1C(=O)c1ncccc1C(F)(F)F.Oc1csc(C(F)(F)F)c1. The Balaban J connectivity index is 0.000000559. The molecular formula is C41H50F6N4O6S. The van der Waals surface area contributed by atoms with Crippen LogP contribution in [0.1, 0.15) is 97.6 Å². The second kappa shape index (κ2) is 18.3. The van der Waals surface area contributed by atoms with Crippen LogP contribution in [0.15, 0.2) is 54.0 Å². The Hall–Kier alpha value is -4.38. The molecule has 3 aromatic rings. The third-order valence-corrected chi connectivity index (χ3v) is 12.6. The first kappa shape index (κ1) is 44.7. The molecule has 10 nitrogen and oxygen atoms in total. The molecule has 2 aliphatic heterocycles. The number of likely N-dealkylation sites (tertiary alicyclic amines) is 2. The summed E-state index contributed by atoms with van der Waals surface area (Å²) < 4.78 is 82.7. The second-order valence-corrected chi connectivity index (χ2v) is 16.4. The Morgan fingerprint density at radius 1 is 0.983 bits per heavy atom. The van der Waals surface area contributed by atoms with Crippen molar-refractivity contribution in [2.45, 2.75) is 95.1 Å². The zero-order valence-corrected chi connectivity index (χ0v) is 33.6. The van der Waals surface area contributed by atoms with E-state index >= 15 is 0 Å². The Labute approximate surface area is 337 Å². The number of halogens is 6. The summed E-state index contributed by atoms with van der Waals surface area (Å²) in [5, 5.41) is 19.1. The van der Waals surface area contributed by atoms with Gasteiger partial charge in [0.1, 0.15) is 22.1 Å². The molecule has 0 bridgehead atoms. The normalized spacial score (nSPS) is 20.2. The van der Waals surface area contributed by atoms with Crippen LogP contribution in [0.5, 0.6) is 11.5 Å². The molecule has 1 aromatic carbocycles. The minimum absolute atomic E-state index is 0.0626. The number of rotatable bonds is 12. The van der Waals surface area contributed by atoms with Crippen LogP contribution in [0.4, 0.5) is 26.3 Å². The van der Waals surface area contributed by atoms with Gasteiger partial charge in [0.2, 0.25) is 5.91 Å². The fourth-order valence-electron chi connectivity index (χ4n) is 8.25. The molecule has 3 aliphatic rings. The third kappa shape index (κ3) is 10.1. The number of benzene rings is 1. The summed E-state index contributed by atoms with van der Waals surface area (Å²) in [4.78, 5) is 47.9. The third-order valence-electron chi connectivity index (χ3n) is 11.6. The van der Waals surface area contributed by atoms with E-state index in [-0.39, 0.29) is 18.2 Å². The Morgan fingerprint density at radius 3 is 2.22 bits per heavy atom. The van der Waals surface area contributed by atoms with Crippen molar-refractivity contribution < 1.29 is 55.7 Å². The van der Waals surface area contributed by atoms with Crippen molar-refractivity contribution in [3.05, 3.63) is 75.7 Å². The average molecular weight is 841 g/mol. The van der Waals surface area contributed by atoms with Gasteiger partial charge in [0.15, 0.2) is 0 Å². The van der Waals surface area contributed by atoms with Crippen LogP contribution < -0.4 is 4.74 Å². The van der Waals surface area contributed by atoms with Gasteiger partial charge in [0, 0.05) is 48.9 Å². The van der Waals surface area contributed by atoms with Gasteiger partial charge in [-0.15, -0.1) is 11.3 Å². The van der Waals surface area contributed by atoms with Crippen molar-refractivity contribution in [3.8, 4) is 11.5 Å². The van der Waals surface area contributed by atoms with E-state index in [1.165, 1.54) is 17.2 Å². The lowest BCUT2D eigenvalue weighted by Crippen LogP contribution is -2.57. The van der Waals surface area contributed by atoms with Crippen molar-refractivity contribution in [2.24, 2.45) is 11.3 Å². The van der Waals surface area contributed by atoms with Crippen LogP contribution in [0.3, 0.4) is 0 Å². The number of hydrogen-bond donors (Lipinski definition) is 2. The smallest absolute Gasteiger partial charge is 0.425 e. The zero-order chi connectivity index (χ0) is 42.5. The molecule has 4 heterocycles. The molecule has 0 spiro atoms. The molecular weight excluding hydrogens is 791 g/mol. The lowest BCUT2D eigenvalue weighted by Gasteiger charge is -2.48. The zero-order valence-electron chi connectivity index (χ0n) is 32.7. The first-order valence-corrected chi connectivity index (χ1v) is 20.3. The molecule has 1 aliphatic carbocycles. The maximum absolute atomic E-state index is 14.2. The molecule has 2 unspecified atom stereocenters. The number of para-hydroxylation sites is 1. The lowest BCUT2D eigenvalue weighted by atomic mass is 9.78. The van der Waals surface area contributed by atoms with Crippen molar-refractivity contribution in [2.75, 3.05) is 40.3 Å². The summed E-state index contributed by atoms with van der Waals surface area (Å²) in [5.41, 5.74) is -1.66. The minimum atomic E-state index is -4.72. The van der Waals surface area contributed by atoms with Crippen LogP contribution in [-0.2, 0) is 27.5 Å². The molecule has 6 rings (SSSR count). The molecule has 17 heteroatoms. The Bertz CT molecular complexity index is 1890. The number of hydrogen-bond acceptors (Lipinski definition) is 8. The lowest BCUT2D eigenvalue weighted by molar-refractivity contribution is -0.144. The van der Waals surface area contributed by atoms with Crippen LogP contribution >= 0.6 is 11.3 Å².